The SMILES string of the molecule is N#Cc1nccnc1Oc1cccc(CN)c1. The second-order valence-electron chi connectivity index (χ2n) is 3.28. The summed E-state index contributed by atoms with van der Waals surface area (Å²) in [6.07, 6.45) is 2.92. The molecular formula is C12H10N4O. The van der Waals surface area contributed by atoms with Gasteiger partial charge in [0.05, 0.1) is 0 Å². The number of hydrogen-bond donors (Lipinski definition) is 1. The lowest BCUT2D eigenvalue weighted by Crippen LogP contribution is -1.97. The third-order valence-corrected chi connectivity index (χ3v) is 2.12. The van der Waals surface area contributed by atoms with E-state index in [9.17, 15) is 0 Å². The molecule has 0 fully saturated rings. The predicted molar refractivity (Wildman–Crippen MR) is 61.2 cm³/mol. The maximum Gasteiger partial charge on any atom is 0.256 e. The molecule has 1 heterocycles. The summed E-state index contributed by atoms with van der Waals surface area (Å²) >= 11 is 0. The van der Waals surface area contributed by atoms with Gasteiger partial charge in [0.25, 0.3) is 5.88 Å². The topological polar surface area (TPSA) is 84.8 Å². The first-order valence-electron chi connectivity index (χ1n) is 5.01. The van der Waals surface area contributed by atoms with E-state index in [4.69, 9.17) is 15.7 Å². The number of ether oxygens (including phenoxy) is 1. The number of nitrogens with zero attached hydrogens (tertiary/aromatic N) is 3. The number of benzene rings is 1. The summed E-state index contributed by atoms with van der Waals surface area (Å²) in [6, 6.07) is 9.23. The molecule has 0 bridgehead atoms. The largest absolute Gasteiger partial charge is 0.436 e. The number of aromatic nitrogens is 2. The molecule has 0 aliphatic rings. The van der Waals surface area contributed by atoms with Crippen LogP contribution in [0.3, 0.4) is 0 Å². The van der Waals surface area contributed by atoms with Gasteiger partial charge >= 0.3 is 0 Å². The van der Waals surface area contributed by atoms with Gasteiger partial charge in [-0.1, -0.05) is 12.1 Å². The lowest BCUT2D eigenvalue weighted by molar-refractivity contribution is 0.457. The number of rotatable bonds is 3. The van der Waals surface area contributed by atoms with Gasteiger partial charge in [0, 0.05) is 18.9 Å². The van der Waals surface area contributed by atoms with Crippen LogP contribution in [0.2, 0.25) is 0 Å². The molecule has 5 nitrogen and oxygen atoms in total. The van der Waals surface area contributed by atoms with Crippen LogP contribution in [0, 0.1) is 11.3 Å². The molecule has 0 aliphatic heterocycles. The van der Waals surface area contributed by atoms with Gasteiger partial charge in [-0.25, -0.2) is 9.97 Å². The van der Waals surface area contributed by atoms with E-state index in [1.807, 2.05) is 18.2 Å². The van der Waals surface area contributed by atoms with Gasteiger partial charge in [-0.15, -0.1) is 0 Å². The summed E-state index contributed by atoms with van der Waals surface area (Å²) in [5.74, 6) is 0.786. The smallest absolute Gasteiger partial charge is 0.256 e. The van der Waals surface area contributed by atoms with E-state index in [1.54, 1.807) is 12.1 Å². The van der Waals surface area contributed by atoms with Crippen LogP contribution in [0.1, 0.15) is 11.3 Å². The van der Waals surface area contributed by atoms with Crippen molar-refractivity contribution < 1.29 is 4.74 Å². The Morgan fingerprint density at radius 3 is 2.88 bits per heavy atom. The van der Waals surface area contributed by atoms with Gasteiger partial charge in [-0.2, -0.15) is 5.26 Å². The molecule has 0 saturated carbocycles. The van der Waals surface area contributed by atoms with E-state index in [0.29, 0.717) is 12.3 Å². The molecule has 2 aromatic rings. The Bertz CT molecular complexity index is 562. The Kier molecular flexibility index (Phi) is 3.28. The molecule has 2 N–H and O–H groups in total. The van der Waals surface area contributed by atoms with Crippen LogP contribution in [-0.4, -0.2) is 9.97 Å². The Morgan fingerprint density at radius 2 is 2.12 bits per heavy atom. The van der Waals surface area contributed by atoms with Crippen molar-refractivity contribution in [3.8, 4) is 17.7 Å². The Labute approximate surface area is 98.5 Å². The summed E-state index contributed by atoms with van der Waals surface area (Å²) in [5, 5.41) is 8.84. The molecule has 84 valence electrons. The molecule has 17 heavy (non-hydrogen) atoms. The number of nitrogens with two attached hydrogens (primary N) is 1. The number of hydrogen-bond acceptors (Lipinski definition) is 5. The second kappa shape index (κ2) is 5.05. The normalized spacial score (nSPS) is 9.65. The lowest BCUT2D eigenvalue weighted by atomic mass is 10.2. The van der Waals surface area contributed by atoms with Gasteiger partial charge in [0.15, 0.2) is 0 Å². The predicted octanol–water partition coefficient (Wildman–Crippen LogP) is 1.60. The second-order valence-corrected chi connectivity index (χ2v) is 3.28. The van der Waals surface area contributed by atoms with Crippen LogP contribution in [0.5, 0.6) is 11.6 Å². The molecule has 0 saturated heterocycles. The van der Waals surface area contributed by atoms with Crippen molar-refractivity contribution in [2.75, 3.05) is 0 Å². The fourth-order valence-corrected chi connectivity index (χ4v) is 1.32. The molecule has 2 rings (SSSR count). The zero-order valence-electron chi connectivity index (χ0n) is 9.00. The summed E-state index contributed by atoms with van der Waals surface area (Å²) in [7, 11) is 0. The maximum absolute atomic E-state index is 8.84. The average Bonchev–Trinajstić information content (AvgIpc) is 2.39. The molecule has 0 atom stereocenters. The van der Waals surface area contributed by atoms with Crippen LogP contribution in [0.25, 0.3) is 0 Å². The molecule has 1 aromatic carbocycles. The van der Waals surface area contributed by atoms with Crippen molar-refractivity contribution in [3.05, 3.63) is 47.9 Å². The van der Waals surface area contributed by atoms with Crippen molar-refractivity contribution in [2.24, 2.45) is 5.73 Å². The van der Waals surface area contributed by atoms with E-state index in [1.165, 1.54) is 12.4 Å². The summed E-state index contributed by atoms with van der Waals surface area (Å²) in [6.45, 7) is 0.433. The van der Waals surface area contributed by atoms with Crippen LogP contribution in [-0.2, 0) is 6.54 Å². The zero-order valence-corrected chi connectivity index (χ0v) is 9.00. The van der Waals surface area contributed by atoms with Gasteiger partial charge in [-0.3, -0.25) is 0 Å². The molecule has 5 heteroatoms. The third kappa shape index (κ3) is 2.56. The van der Waals surface area contributed by atoms with E-state index in [0.717, 1.165) is 5.56 Å². The fourth-order valence-electron chi connectivity index (χ4n) is 1.32. The van der Waals surface area contributed by atoms with E-state index < -0.39 is 0 Å². The average molecular weight is 226 g/mol. The molecule has 0 amide bonds. The third-order valence-electron chi connectivity index (χ3n) is 2.12. The van der Waals surface area contributed by atoms with Crippen LogP contribution >= 0.6 is 0 Å². The Balaban J connectivity index is 2.28. The molecular weight excluding hydrogens is 216 g/mol. The zero-order chi connectivity index (χ0) is 12.1. The van der Waals surface area contributed by atoms with Gasteiger partial charge < -0.3 is 10.5 Å². The lowest BCUT2D eigenvalue weighted by Gasteiger charge is -2.06. The highest BCUT2D eigenvalue weighted by molar-refractivity contribution is 5.36. The fraction of sp³-hybridized carbons (Fsp3) is 0.0833. The minimum atomic E-state index is 0.158. The van der Waals surface area contributed by atoms with Crippen LogP contribution in [0.15, 0.2) is 36.7 Å². The van der Waals surface area contributed by atoms with Crippen molar-refractivity contribution >= 4 is 0 Å². The molecule has 0 aliphatic carbocycles. The molecule has 0 spiro atoms. The maximum atomic E-state index is 8.84. The van der Waals surface area contributed by atoms with Gasteiger partial charge in [0.2, 0.25) is 5.69 Å². The van der Waals surface area contributed by atoms with Gasteiger partial charge in [-0.05, 0) is 17.7 Å². The van der Waals surface area contributed by atoms with Crippen molar-refractivity contribution in [1.29, 1.82) is 5.26 Å². The molecule has 1 aromatic heterocycles. The number of nitriles is 1. The first-order chi connectivity index (χ1) is 8.33. The highest BCUT2D eigenvalue weighted by Gasteiger charge is 2.06. The highest BCUT2D eigenvalue weighted by atomic mass is 16.5. The molecule has 0 unspecified atom stereocenters. The van der Waals surface area contributed by atoms with Crippen molar-refractivity contribution in [2.45, 2.75) is 6.54 Å². The quantitative estimate of drug-likeness (QED) is 0.859. The minimum absolute atomic E-state index is 0.158. The summed E-state index contributed by atoms with van der Waals surface area (Å²) < 4.78 is 5.49. The first kappa shape index (κ1) is 11.0. The van der Waals surface area contributed by atoms with Crippen molar-refractivity contribution in [1.82, 2.24) is 9.97 Å². The van der Waals surface area contributed by atoms with Gasteiger partial charge in [0.1, 0.15) is 11.8 Å². The molecule has 0 radical (unpaired) electrons. The first-order valence-corrected chi connectivity index (χ1v) is 5.01. The van der Waals surface area contributed by atoms with Crippen LogP contribution in [0.4, 0.5) is 0 Å². The Morgan fingerprint density at radius 1 is 1.29 bits per heavy atom. The van der Waals surface area contributed by atoms with E-state index in [2.05, 4.69) is 9.97 Å². The van der Waals surface area contributed by atoms with Crippen LogP contribution < -0.4 is 10.5 Å². The standard InChI is InChI=1S/C12H10N4O/c13-7-9-2-1-3-10(6-9)17-12-11(8-14)15-4-5-16-12/h1-6H,7,13H2. The minimum Gasteiger partial charge on any atom is -0.436 e. The Hall–Kier alpha value is -2.45. The highest BCUT2D eigenvalue weighted by Crippen LogP contribution is 2.21. The van der Waals surface area contributed by atoms with E-state index in [-0.39, 0.29) is 11.6 Å². The summed E-state index contributed by atoms with van der Waals surface area (Å²) in [5.41, 5.74) is 6.64. The monoisotopic (exact) mass is 226 g/mol. The van der Waals surface area contributed by atoms with Crippen molar-refractivity contribution in [3.63, 3.8) is 0 Å². The van der Waals surface area contributed by atoms with E-state index >= 15 is 0 Å². The summed E-state index contributed by atoms with van der Waals surface area (Å²) in [4.78, 5) is 7.82.